The van der Waals surface area contributed by atoms with Crippen LogP contribution < -0.4 is 5.32 Å². The molecule has 1 aliphatic heterocycles. The summed E-state index contributed by atoms with van der Waals surface area (Å²) in [6, 6.07) is -0.356. The van der Waals surface area contributed by atoms with Crippen molar-refractivity contribution in [3.05, 3.63) is 0 Å². The molecule has 1 atom stereocenters. The summed E-state index contributed by atoms with van der Waals surface area (Å²) in [5, 5.41) is 2.95. The van der Waals surface area contributed by atoms with E-state index in [-0.39, 0.29) is 29.4 Å². The predicted octanol–water partition coefficient (Wildman–Crippen LogP) is 2.22. The van der Waals surface area contributed by atoms with E-state index in [4.69, 9.17) is 6.42 Å². The van der Waals surface area contributed by atoms with Crippen LogP contribution in [0.5, 0.6) is 0 Å². The van der Waals surface area contributed by atoms with E-state index in [9.17, 15) is 9.59 Å². The van der Waals surface area contributed by atoms with Crippen LogP contribution in [0.3, 0.4) is 0 Å². The molecule has 5 heteroatoms. The van der Waals surface area contributed by atoms with Crippen molar-refractivity contribution in [2.75, 3.05) is 19.6 Å². The van der Waals surface area contributed by atoms with Crippen LogP contribution in [0.2, 0.25) is 0 Å². The number of terminal acetylenes is 1. The standard InChI is InChI=1S/C18H29N3O2/c1-5-16(14(2)3)19-17(23)20-11-12-21(15(4)22)18(13-20)9-7-6-8-10-18/h1,14,16H,6-13H2,2-4H3,(H,19,23)/t16-/m1/s1. The van der Waals surface area contributed by atoms with E-state index < -0.39 is 0 Å². The van der Waals surface area contributed by atoms with Gasteiger partial charge in [0.2, 0.25) is 5.91 Å². The van der Waals surface area contributed by atoms with E-state index in [2.05, 4.69) is 11.2 Å². The van der Waals surface area contributed by atoms with Crippen LogP contribution in [0.15, 0.2) is 0 Å². The monoisotopic (exact) mass is 319 g/mol. The fourth-order valence-electron chi connectivity index (χ4n) is 3.91. The maximum atomic E-state index is 12.6. The Morgan fingerprint density at radius 3 is 2.35 bits per heavy atom. The third-order valence-electron chi connectivity index (χ3n) is 5.23. The number of carbonyl (C=O) groups excluding carboxylic acids is 2. The number of hydrogen-bond donors (Lipinski definition) is 1. The van der Waals surface area contributed by atoms with Crippen LogP contribution >= 0.6 is 0 Å². The van der Waals surface area contributed by atoms with Crippen LogP contribution in [0.25, 0.3) is 0 Å². The Kier molecular flexibility index (Phi) is 5.56. The number of hydrogen-bond acceptors (Lipinski definition) is 2. The van der Waals surface area contributed by atoms with Gasteiger partial charge in [-0.25, -0.2) is 4.79 Å². The van der Waals surface area contributed by atoms with Crippen LogP contribution in [0.1, 0.15) is 52.9 Å². The van der Waals surface area contributed by atoms with Crippen molar-refractivity contribution in [1.82, 2.24) is 15.1 Å². The summed E-state index contributed by atoms with van der Waals surface area (Å²) in [6.45, 7) is 7.45. The summed E-state index contributed by atoms with van der Waals surface area (Å²) in [5.74, 6) is 2.97. The van der Waals surface area contributed by atoms with Gasteiger partial charge in [0.25, 0.3) is 0 Å². The molecule has 0 bridgehead atoms. The molecule has 0 radical (unpaired) electrons. The van der Waals surface area contributed by atoms with Crippen LogP contribution in [-0.2, 0) is 4.79 Å². The van der Waals surface area contributed by atoms with Gasteiger partial charge in [0.15, 0.2) is 0 Å². The summed E-state index contributed by atoms with van der Waals surface area (Å²) < 4.78 is 0. The quantitative estimate of drug-likeness (QED) is 0.794. The Bertz CT molecular complexity index is 489. The Labute approximate surface area is 139 Å². The molecule has 2 aliphatic rings. The summed E-state index contributed by atoms with van der Waals surface area (Å²) in [7, 11) is 0. The minimum atomic E-state index is -0.254. The molecule has 0 aromatic carbocycles. The highest BCUT2D eigenvalue weighted by Crippen LogP contribution is 2.36. The summed E-state index contributed by atoms with van der Waals surface area (Å²) in [4.78, 5) is 28.5. The summed E-state index contributed by atoms with van der Waals surface area (Å²) in [6.07, 6.45) is 10.9. The summed E-state index contributed by atoms with van der Waals surface area (Å²) >= 11 is 0. The molecular weight excluding hydrogens is 290 g/mol. The van der Waals surface area contributed by atoms with E-state index in [0.717, 1.165) is 25.7 Å². The second-order valence-corrected chi connectivity index (χ2v) is 7.22. The van der Waals surface area contributed by atoms with Gasteiger partial charge < -0.3 is 15.1 Å². The van der Waals surface area contributed by atoms with Gasteiger partial charge in [-0.05, 0) is 18.8 Å². The van der Waals surface area contributed by atoms with Crippen molar-refractivity contribution < 1.29 is 9.59 Å². The average molecular weight is 319 g/mol. The first-order chi connectivity index (χ1) is 10.9. The highest BCUT2D eigenvalue weighted by atomic mass is 16.2. The normalized spacial score (nSPS) is 21.9. The largest absolute Gasteiger partial charge is 0.334 e. The van der Waals surface area contributed by atoms with Gasteiger partial charge in [0, 0.05) is 26.6 Å². The molecule has 2 rings (SSSR count). The lowest BCUT2D eigenvalue weighted by atomic mass is 9.78. The molecule has 1 heterocycles. The van der Waals surface area contributed by atoms with Crippen molar-refractivity contribution in [2.24, 2.45) is 5.92 Å². The lowest BCUT2D eigenvalue weighted by Gasteiger charge is -2.52. The number of amides is 3. The van der Waals surface area contributed by atoms with E-state index in [1.807, 2.05) is 23.6 Å². The molecule has 0 aromatic heterocycles. The molecular formula is C18H29N3O2. The van der Waals surface area contributed by atoms with Crippen LogP contribution in [-0.4, -0.2) is 53.0 Å². The fourth-order valence-corrected chi connectivity index (χ4v) is 3.91. The number of piperazine rings is 1. The Hall–Kier alpha value is -1.70. The minimum absolute atomic E-state index is 0.102. The highest BCUT2D eigenvalue weighted by Gasteiger charge is 2.44. The van der Waals surface area contributed by atoms with Crippen molar-refractivity contribution in [3.63, 3.8) is 0 Å². The third-order valence-corrected chi connectivity index (χ3v) is 5.23. The number of nitrogens with one attached hydrogen (secondary N) is 1. The smallest absolute Gasteiger partial charge is 0.318 e. The number of nitrogens with zero attached hydrogens (tertiary/aromatic N) is 2. The highest BCUT2D eigenvalue weighted by molar-refractivity contribution is 5.77. The molecule has 1 spiro atoms. The number of urea groups is 1. The molecule has 3 amide bonds. The lowest BCUT2D eigenvalue weighted by molar-refractivity contribution is -0.141. The van der Waals surface area contributed by atoms with E-state index in [1.165, 1.54) is 6.42 Å². The van der Waals surface area contributed by atoms with Crippen molar-refractivity contribution in [3.8, 4) is 12.3 Å². The number of rotatable bonds is 2. The van der Waals surface area contributed by atoms with Gasteiger partial charge in [0.05, 0.1) is 11.6 Å². The van der Waals surface area contributed by atoms with Crippen LogP contribution in [0.4, 0.5) is 4.79 Å². The minimum Gasteiger partial charge on any atom is -0.334 e. The van der Waals surface area contributed by atoms with Gasteiger partial charge >= 0.3 is 6.03 Å². The van der Waals surface area contributed by atoms with Crippen LogP contribution in [0, 0.1) is 18.3 Å². The zero-order chi connectivity index (χ0) is 17.0. The van der Waals surface area contributed by atoms with Crippen molar-refractivity contribution in [2.45, 2.75) is 64.5 Å². The second-order valence-electron chi connectivity index (χ2n) is 7.22. The molecule has 0 aromatic rings. The first-order valence-electron chi connectivity index (χ1n) is 8.69. The third kappa shape index (κ3) is 3.80. The molecule has 128 valence electrons. The van der Waals surface area contributed by atoms with Gasteiger partial charge in [-0.2, -0.15) is 0 Å². The maximum Gasteiger partial charge on any atom is 0.318 e. The lowest BCUT2D eigenvalue weighted by Crippen LogP contribution is -2.66. The second kappa shape index (κ2) is 7.25. The van der Waals surface area contributed by atoms with Gasteiger partial charge in [-0.3, -0.25) is 4.79 Å². The van der Waals surface area contributed by atoms with E-state index in [0.29, 0.717) is 19.6 Å². The van der Waals surface area contributed by atoms with E-state index >= 15 is 0 Å². The molecule has 23 heavy (non-hydrogen) atoms. The SMILES string of the molecule is C#C[C@@H](NC(=O)N1CCN(C(C)=O)C2(CCCCC2)C1)C(C)C. The molecule has 5 nitrogen and oxygen atoms in total. The fraction of sp³-hybridized carbons (Fsp3) is 0.778. The first kappa shape index (κ1) is 17.7. The molecule has 0 unspecified atom stereocenters. The van der Waals surface area contributed by atoms with E-state index in [1.54, 1.807) is 6.92 Å². The average Bonchev–Trinajstić information content (AvgIpc) is 2.52. The summed E-state index contributed by atoms with van der Waals surface area (Å²) in [5.41, 5.74) is -0.177. The Balaban J connectivity index is 2.09. The molecule has 1 saturated carbocycles. The molecule has 1 aliphatic carbocycles. The van der Waals surface area contributed by atoms with Gasteiger partial charge in [0.1, 0.15) is 0 Å². The Morgan fingerprint density at radius 1 is 1.17 bits per heavy atom. The molecule has 2 fully saturated rings. The van der Waals surface area contributed by atoms with Gasteiger partial charge in [-0.15, -0.1) is 6.42 Å². The Morgan fingerprint density at radius 2 is 1.83 bits per heavy atom. The maximum absolute atomic E-state index is 12.6. The number of carbonyl (C=O) groups is 2. The predicted molar refractivity (Wildman–Crippen MR) is 90.8 cm³/mol. The molecule has 1 saturated heterocycles. The van der Waals surface area contributed by atoms with Crippen molar-refractivity contribution in [1.29, 1.82) is 0 Å². The molecule has 1 N–H and O–H groups in total. The topological polar surface area (TPSA) is 52.7 Å². The first-order valence-corrected chi connectivity index (χ1v) is 8.69. The zero-order valence-corrected chi connectivity index (χ0v) is 14.6. The van der Waals surface area contributed by atoms with Crippen molar-refractivity contribution >= 4 is 11.9 Å². The zero-order valence-electron chi connectivity index (χ0n) is 14.6. The van der Waals surface area contributed by atoms with Gasteiger partial charge in [-0.1, -0.05) is 39.0 Å².